The number of aryl methyl sites for hydroxylation is 3. The number of aromatic nitrogens is 2. The molecule has 0 aliphatic carbocycles. The first-order chi connectivity index (χ1) is 21.0. The second-order valence-corrected chi connectivity index (χ2v) is 11.7. The van der Waals surface area contributed by atoms with Crippen molar-refractivity contribution in [2.75, 3.05) is 0 Å². The first-order valence-electron chi connectivity index (χ1n) is 14.8. The maximum atomic E-state index is 4.69. The van der Waals surface area contributed by atoms with Crippen LogP contribution in [0.25, 0.3) is 77.1 Å². The smallest absolute Gasteiger partial charge is 0.159 e. The van der Waals surface area contributed by atoms with Crippen molar-refractivity contribution in [2.24, 2.45) is 0 Å². The topological polar surface area (TPSA) is 25.8 Å². The van der Waals surface area contributed by atoms with E-state index in [2.05, 4.69) is 128 Å². The molecular weight excluding hydrogens is 520 g/mol. The van der Waals surface area contributed by atoms with Crippen LogP contribution in [0, 0.1) is 20.8 Å². The third-order valence-electron chi connectivity index (χ3n) is 8.60. The molecule has 2 nitrogen and oxygen atoms in total. The molecule has 2 heteroatoms. The van der Waals surface area contributed by atoms with Gasteiger partial charge in [0.15, 0.2) is 5.82 Å². The van der Waals surface area contributed by atoms with Gasteiger partial charge in [-0.3, -0.25) is 0 Å². The summed E-state index contributed by atoms with van der Waals surface area (Å²) < 4.78 is 0. The fourth-order valence-corrected chi connectivity index (χ4v) is 6.68. The first kappa shape index (κ1) is 25.4. The molecule has 0 N–H and O–H groups in total. The molecule has 0 radical (unpaired) electrons. The van der Waals surface area contributed by atoms with Gasteiger partial charge in [0, 0.05) is 17.0 Å². The standard InChI is InChI=1S/C41H30N2/c1-25-21-33-17-19-35-37(30-11-9-29(10-12-30)28-7-5-4-6-8-28)24-38(36-20-18-34(22-25)39(33)40(35)36)31-13-15-32(16-14-31)41-42-26(2)23-27(3)43-41/h4-24H,1-3H3. The molecule has 8 aromatic rings. The zero-order valence-electron chi connectivity index (χ0n) is 24.5. The molecule has 0 atom stereocenters. The third kappa shape index (κ3) is 4.35. The van der Waals surface area contributed by atoms with Crippen molar-refractivity contribution in [1.82, 2.24) is 9.97 Å². The van der Waals surface area contributed by atoms with Gasteiger partial charge in [0.1, 0.15) is 0 Å². The first-order valence-corrected chi connectivity index (χ1v) is 14.8. The van der Waals surface area contributed by atoms with E-state index in [0.29, 0.717) is 0 Å². The molecule has 0 aliphatic rings. The average molecular weight is 551 g/mol. The maximum absolute atomic E-state index is 4.69. The van der Waals surface area contributed by atoms with Crippen LogP contribution < -0.4 is 0 Å². The summed E-state index contributed by atoms with van der Waals surface area (Å²) in [6.45, 7) is 6.22. The zero-order valence-corrected chi connectivity index (χ0v) is 24.5. The Labute approximate surface area is 251 Å². The van der Waals surface area contributed by atoms with Gasteiger partial charge in [-0.2, -0.15) is 0 Å². The van der Waals surface area contributed by atoms with Crippen molar-refractivity contribution in [3.8, 4) is 44.8 Å². The van der Waals surface area contributed by atoms with Crippen LogP contribution in [-0.4, -0.2) is 9.97 Å². The van der Waals surface area contributed by atoms with E-state index in [1.165, 1.54) is 71.3 Å². The van der Waals surface area contributed by atoms with Crippen molar-refractivity contribution in [3.63, 3.8) is 0 Å². The van der Waals surface area contributed by atoms with Crippen LogP contribution in [0.3, 0.4) is 0 Å². The number of hydrogen-bond acceptors (Lipinski definition) is 2. The van der Waals surface area contributed by atoms with Crippen molar-refractivity contribution in [3.05, 3.63) is 144 Å². The molecule has 0 fully saturated rings. The lowest BCUT2D eigenvalue weighted by molar-refractivity contribution is 1.06. The lowest BCUT2D eigenvalue weighted by atomic mass is 9.85. The van der Waals surface area contributed by atoms with Gasteiger partial charge in [-0.25, -0.2) is 9.97 Å². The zero-order chi connectivity index (χ0) is 29.1. The maximum Gasteiger partial charge on any atom is 0.159 e. The lowest BCUT2D eigenvalue weighted by Gasteiger charge is -2.19. The van der Waals surface area contributed by atoms with Gasteiger partial charge in [0.05, 0.1) is 0 Å². The molecule has 0 bridgehead atoms. The highest BCUT2D eigenvalue weighted by Gasteiger charge is 2.17. The fraction of sp³-hybridized carbons (Fsp3) is 0.0732. The van der Waals surface area contributed by atoms with Crippen molar-refractivity contribution in [2.45, 2.75) is 20.8 Å². The second kappa shape index (κ2) is 9.89. The van der Waals surface area contributed by atoms with Gasteiger partial charge < -0.3 is 0 Å². The van der Waals surface area contributed by atoms with E-state index in [4.69, 9.17) is 9.97 Å². The predicted molar refractivity (Wildman–Crippen MR) is 182 cm³/mol. The summed E-state index contributed by atoms with van der Waals surface area (Å²) in [6.07, 6.45) is 0. The summed E-state index contributed by atoms with van der Waals surface area (Å²) in [7, 11) is 0. The highest BCUT2D eigenvalue weighted by atomic mass is 14.9. The SMILES string of the molecule is Cc1cc2ccc3c(-c4ccc(-c5ccccc5)cc4)cc(-c4ccc(-c5nc(C)cc(C)n5)cc4)c4ccc(c1)c2c34. The van der Waals surface area contributed by atoms with E-state index in [9.17, 15) is 0 Å². The monoisotopic (exact) mass is 550 g/mol. The molecule has 0 spiro atoms. The largest absolute Gasteiger partial charge is 0.233 e. The fourth-order valence-electron chi connectivity index (χ4n) is 6.68. The van der Waals surface area contributed by atoms with Gasteiger partial charge in [-0.1, -0.05) is 115 Å². The molecule has 0 amide bonds. The molecule has 0 unspecified atom stereocenters. The van der Waals surface area contributed by atoms with Gasteiger partial charge in [-0.05, 0) is 104 Å². The van der Waals surface area contributed by atoms with E-state index in [1.54, 1.807) is 0 Å². The van der Waals surface area contributed by atoms with Crippen LogP contribution in [0.2, 0.25) is 0 Å². The van der Waals surface area contributed by atoms with E-state index < -0.39 is 0 Å². The molecule has 1 aromatic heterocycles. The van der Waals surface area contributed by atoms with Crippen molar-refractivity contribution >= 4 is 32.3 Å². The minimum atomic E-state index is 0.772. The van der Waals surface area contributed by atoms with Gasteiger partial charge in [0.25, 0.3) is 0 Å². The molecule has 0 saturated carbocycles. The van der Waals surface area contributed by atoms with Gasteiger partial charge in [0.2, 0.25) is 0 Å². The quantitative estimate of drug-likeness (QED) is 0.204. The van der Waals surface area contributed by atoms with Crippen LogP contribution in [0.5, 0.6) is 0 Å². The Bertz CT molecular complexity index is 2240. The van der Waals surface area contributed by atoms with Crippen LogP contribution in [0.4, 0.5) is 0 Å². The average Bonchev–Trinajstić information content (AvgIpc) is 3.03. The molecule has 204 valence electrons. The van der Waals surface area contributed by atoms with E-state index in [0.717, 1.165) is 22.8 Å². The Balaban J connectivity index is 1.35. The van der Waals surface area contributed by atoms with E-state index >= 15 is 0 Å². The van der Waals surface area contributed by atoms with Crippen LogP contribution in [-0.2, 0) is 0 Å². The number of nitrogens with zero attached hydrogens (tertiary/aromatic N) is 2. The summed E-state index contributed by atoms with van der Waals surface area (Å²) in [5.41, 5.74) is 11.6. The summed E-state index contributed by atoms with van der Waals surface area (Å²) in [5.74, 6) is 0.772. The predicted octanol–water partition coefficient (Wildman–Crippen LogP) is 11.0. The Hall–Kier alpha value is -5.34. The molecular formula is C41H30N2. The highest BCUT2D eigenvalue weighted by molar-refractivity contribution is 6.28. The van der Waals surface area contributed by atoms with Crippen LogP contribution in [0.15, 0.2) is 127 Å². The number of rotatable bonds is 4. The minimum absolute atomic E-state index is 0.772. The van der Waals surface area contributed by atoms with Crippen molar-refractivity contribution in [1.29, 1.82) is 0 Å². The Morgan fingerprint density at radius 3 is 1.44 bits per heavy atom. The van der Waals surface area contributed by atoms with Crippen molar-refractivity contribution < 1.29 is 0 Å². The molecule has 7 aromatic carbocycles. The summed E-state index contributed by atoms with van der Waals surface area (Å²) in [6, 6.07) is 46.5. The number of benzene rings is 7. The van der Waals surface area contributed by atoms with E-state index in [-0.39, 0.29) is 0 Å². The molecule has 43 heavy (non-hydrogen) atoms. The van der Waals surface area contributed by atoms with Gasteiger partial charge >= 0.3 is 0 Å². The molecule has 8 rings (SSSR count). The highest BCUT2D eigenvalue weighted by Crippen LogP contribution is 2.44. The normalized spacial score (nSPS) is 11.6. The lowest BCUT2D eigenvalue weighted by Crippen LogP contribution is -1.94. The second-order valence-electron chi connectivity index (χ2n) is 11.7. The Morgan fingerprint density at radius 1 is 0.395 bits per heavy atom. The minimum Gasteiger partial charge on any atom is -0.233 e. The third-order valence-corrected chi connectivity index (χ3v) is 8.60. The summed E-state index contributed by atoms with van der Waals surface area (Å²) in [4.78, 5) is 9.38. The van der Waals surface area contributed by atoms with Crippen LogP contribution in [0.1, 0.15) is 17.0 Å². The van der Waals surface area contributed by atoms with E-state index in [1.807, 2.05) is 19.9 Å². The summed E-state index contributed by atoms with van der Waals surface area (Å²) in [5, 5.41) is 7.81. The Kier molecular flexibility index (Phi) is 5.84. The van der Waals surface area contributed by atoms with Crippen LogP contribution >= 0.6 is 0 Å². The number of hydrogen-bond donors (Lipinski definition) is 0. The summed E-state index contributed by atoms with van der Waals surface area (Å²) >= 11 is 0. The molecule has 1 heterocycles. The molecule has 0 saturated heterocycles. The Morgan fingerprint density at radius 2 is 0.884 bits per heavy atom. The molecule has 0 aliphatic heterocycles. The van der Waals surface area contributed by atoms with Gasteiger partial charge in [-0.15, -0.1) is 0 Å².